The average Bonchev–Trinajstić information content (AvgIpc) is 2.30. The second-order valence-electron chi connectivity index (χ2n) is 4.13. The van der Waals surface area contributed by atoms with Gasteiger partial charge in [-0.25, -0.2) is 0 Å². The largest absolute Gasteiger partial charge is 0.346 e. The van der Waals surface area contributed by atoms with Crippen LogP contribution in [0.1, 0.15) is 25.8 Å². The molecule has 1 atom stereocenters. The first-order valence-electron chi connectivity index (χ1n) is 5.63. The molecule has 0 bridgehead atoms. The maximum atomic E-state index is 11.6. The molecule has 0 fully saturated rings. The quantitative estimate of drug-likeness (QED) is 0.792. The van der Waals surface area contributed by atoms with Gasteiger partial charge >= 0.3 is 0 Å². The van der Waals surface area contributed by atoms with Crippen LogP contribution in [-0.2, 0) is 10.3 Å². The third kappa shape index (κ3) is 3.07. The molecule has 0 aromatic heterocycles. The van der Waals surface area contributed by atoms with Crippen molar-refractivity contribution >= 4 is 5.91 Å². The molecule has 1 aromatic rings. The highest BCUT2D eigenvalue weighted by Gasteiger charge is 2.25. The minimum absolute atomic E-state index is 0.0238. The van der Waals surface area contributed by atoms with Crippen LogP contribution in [0.2, 0.25) is 0 Å². The summed E-state index contributed by atoms with van der Waals surface area (Å²) in [6, 6.07) is 10.1. The fourth-order valence-electron chi connectivity index (χ4n) is 1.68. The van der Waals surface area contributed by atoms with Gasteiger partial charge in [0.05, 0.1) is 12.1 Å². The average molecular weight is 220 g/mol. The van der Waals surface area contributed by atoms with Crippen molar-refractivity contribution in [3.63, 3.8) is 0 Å². The van der Waals surface area contributed by atoms with E-state index in [0.29, 0.717) is 6.54 Å². The summed E-state index contributed by atoms with van der Waals surface area (Å²) >= 11 is 0. The second kappa shape index (κ2) is 5.66. The Kier molecular flexibility index (Phi) is 4.50. The first-order chi connectivity index (χ1) is 7.62. The van der Waals surface area contributed by atoms with Crippen molar-refractivity contribution in [3.8, 4) is 0 Å². The zero-order valence-corrected chi connectivity index (χ0v) is 10.2. The van der Waals surface area contributed by atoms with Crippen molar-refractivity contribution in [1.82, 2.24) is 10.6 Å². The van der Waals surface area contributed by atoms with Crippen molar-refractivity contribution in [1.29, 1.82) is 0 Å². The first-order valence-corrected chi connectivity index (χ1v) is 5.63. The summed E-state index contributed by atoms with van der Waals surface area (Å²) in [6.07, 6.45) is 0.868. The number of amides is 1. The predicted octanol–water partition coefficient (Wildman–Crippen LogP) is 1.65. The first kappa shape index (κ1) is 12.7. The summed E-state index contributed by atoms with van der Waals surface area (Å²) in [4.78, 5) is 11.6. The number of nitrogens with one attached hydrogen (secondary N) is 2. The van der Waals surface area contributed by atoms with Gasteiger partial charge in [-0.1, -0.05) is 37.3 Å². The van der Waals surface area contributed by atoms with E-state index in [2.05, 4.69) is 24.5 Å². The lowest BCUT2D eigenvalue weighted by Crippen LogP contribution is -2.46. The molecule has 2 N–H and O–H groups in total. The zero-order chi connectivity index (χ0) is 12.0. The Balaban J connectivity index is 2.82. The Hall–Kier alpha value is -1.35. The Morgan fingerprint density at radius 2 is 1.94 bits per heavy atom. The van der Waals surface area contributed by atoms with Gasteiger partial charge < -0.3 is 10.6 Å². The molecular weight excluding hydrogens is 200 g/mol. The van der Waals surface area contributed by atoms with Gasteiger partial charge in [0.15, 0.2) is 0 Å². The van der Waals surface area contributed by atoms with Crippen molar-refractivity contribution in [3.05, 3.63) is 35.9 Å². The number of hydrogen-bond acceptors (Lipinski definition) is 2. The maximum absolute atomic E-state index is 11.6. The fourth-order valence-corrected chi connectivity index (χ4v) is 1.68. The van der Waals surface area contributed by atoms with Crippen LogP contribution in [0.5, 0.6) is 0 Å². The number of carbonyl (C=O) groups excluding carboxylic acids is 1. The lowest BCUT2D eigenvalue weighted by Gasteiger charge is -2.30. The molecule has 88 valence electrons. The third-order valence-electron chi connectivity index (χ3n) is 2.87. The second-order valence-corrected chi connectivity index (χ2v) is 4.13. The lowest BCUT2D eigenvalue weighted by atomic mass is 9.89. The van der Waals surface area contributed by atoms with E-state index in [9.17, 15) is 4.79 Å². The van der Waals surface area contributed by atoms with Crippen molar-refractivity contribution in [2.24, 2.45) is 0 Å². The monoisotopic (exact) mass is 220 g/mol. The van der Waals surface area contributed by atoms with Gasteiger partial charge in [-0.15, -0.1) is 0 Å². The summed E-state index contributed by atoms with van der Waals surface area (Å²) in [5.41, 5.74) is 0.858. The van der Waals surface area contributed by atoms with Crippen molar-refractivity contribution in [2.45, 2.75) is 25.8 Å². The molecule has 0 spiro atoms. The molecule has 0 saturated heterocycles. The standard InChI is InChI=1S/C13H20N2O/c1-4-13(2,15-12(16)10-14-3)11-8-6-5-7-9-11/h5-9,14H,4,10H2,1-3H3,(H,15,16). The van der Waals surface area contributed by atoms with E-state index in [-0.39, 0.29) is 11.4 Å². The van der Waals surface area contributed by atoms with Gasteiger partial charge in [-0.2, -0.15) is 0 Å². The minimum Gasteiger partial charge on any atom is -0.346 e. The molecule has 1 unspecified atom stereocenters. The number of likely N-dealkylation sites (N-methyl/N-ethyl adjacent to an activating group) is 1. The van der Waals surface area contributed by atoms with E-state index < -0.39 is 0 Å². The van der Waals surface area contributed by atoms with E-state index in [4.69, 9.17) is 0 Å². The maximum Gasteiger partial charge on any atom is 0.234 e. The molecule has 3 heteroatoms. The fraction of sp³-hybridized carbons (Fsp3) is 0.462. The summed E-state index contributed by atoms with van der Waals surface area (Å²) in [5, 5.41) is 5.91. The Bertz CT molecular complexity index is 337. The van der Waals surface area contributed by atoms with E-state index in [0.717, 1.165) is 12.0 Å². The molecular formula is C13H20N2O. The van der Waals surface area contributed by atoms with Gasteiger partial charge in [0.2, 0.25) is 5.91 Å². The van der Waals surface area contributed by atoms with Crippen molar-refractivity contribution < 1.29 is 4.79 Å². The highest BCUT2D eigenvalue weighted by molar-refractivity contribution is 5.79. The predicted molar refractivity (Wildman–Crippen MR) is 66.2 cm³/mol. The van der Waals surface area contributed by atoms with E-state index in [1.807, 2.05) is 30.3 Å². The number of benzene rings is 1. The Morgan fingerprint density at radius 1 is 1.31 bits per heavy atom. The molecule has 1 amide bonds. The van der Waals surface area contributed by atoms with Crippen LogP contribution in [0.25, 0.3) is 0 Å². The highest BCUT2D eigenvalue weighted by atomic mass is 16.2. The van der Waals surface area contributed by atoms with Crippen LogP contribution in [0.4, 0.5) is 0 Å². The molecule has 1 aromatic carbocycles. The van der Waals surface area contributed by atoms with E-state index in [1.165, 1.54) is 0 Å². The normalized spacial score (nSPS) is 14.2. The van der Waals surface area contributed by atoms with Crippen molar-refractivity contribution in [2.75, 3.05) is 13.6 Å². The molecule has 0 saturated carbocycles. The van der Waals surface area contributed by atoms with Crippen LogP contribution in [0.3, 0.4) is 0 Å². The van der Waals surface area contributed by atoms with Gasteiger partial charge in [-0.05, 0) is 26.0 Å². The minimum atomic E-state index is -0.283. The van der Waals surface area contributed by atoms with Crippen LogP contribution in [-0.4, -0.2) is 19.5 Å². The Labute approximate surface area is 97.2 Å². The molecule has 16 heavy (non-hydrogen) atoms. The number of rotatable bonds is 5. The molecule has 0 aliphatic heterocycles. The molecule has 0 heterocycles. The summed E-state index contributed by atoms with van der Waals surface area (Å²) in [5.74, 6) is 0.0238. The molecule has 0 aliphatic carbocycles. The molecule has 3 nitrogen and oxygen atoms in total. The van der Waals surface area contributed by atoms with E-state index in [1.54, 1.807) is 7.05 Å². The smallest absolute Gasteiger partial charge is 0.234 e. The zero-order valence-electron chi connectivity index (χ0n) is 10.2. The molecule has 0 radical (unpaired) electrons. The lowest BCUT2D eigenvalue weighted by molar-refractivity contribution is -0.122. The third-order valence-corrected chi connectivity index (χ3v) is 2.87. The Morgan fingerprint density at radius 3 is 2.44 bits per heavy atom. The highest BCUT2D eigenvalue weighted by Crippen LogP contribution is 2.23. The molecule has 0 aliphatic rings. The van der Waals surface area contributed by atoms with Gasteiger partial charge in [0.1, 0.15) is 0 Å². The van der Waals surface area contributed by atoms with Crippen LogP contribution in [0, 0.1) is 0 Å². The van der Waals surface area contributed by atoms with Gasteiger partial charge in [-0.3, -0.25) is 4.79 Å². The number of hydrogen-bond donors (Lipinski definition) is 2. The topological polar surface area (TPSA) is 41.1 Å². The van der Waals surface area contributed by atoms with Gasteiger partial charge in [0.25, 0.3) is 0 Å². The van der Waals surface area contributed by atoms with Crippen LogP contribution < -0.4 is 10.6 Å². The van der Waals surface area contributed by atoms with Crippen LogP contribution >= 0.6 is 0 Å². The van der Waals surface area contributed by atoms with Crippen LogP contribution in [0.15, 0.2) is 30.3 Å². The summed E-state index contributed by atoms with van der Waals surface area (Å²) < 4.78 is 0. The summed E-state index contributed by atoms with van der Waals surface area (Å²) in [6.45, 7) is 4.48. The summed E-state index contributed by atoms with van der Waals surface area (Å²) in [7, 11) is 1.77. The number of carbonyl (C=O) groups is 1. The molecule has 1 rings (SSSR count). The SMILES string of the molecule is CCC(C)(NC(=O)CNC)c1ccccc1. The van der Waals surface area contributed by atoms with Gasteiger partial charge in [0, 0.05) is 0 Å². The van der Waals surface area contributed by atoms with E-state index >= 15 is 0 Å².